The van der Waals surface area contributed by atoms with Crippen molar-refractivity contribution in [3.8, 4) is 5.75 Å². The first kappa shape index (κ1) is 17.5. The Morgan fingerprint density at radius 1 is 1.04 bits per heavy atom. The predicted molar refractivity (Wildman–Crippen MR) is 96.7 cm³/mol. The number of benzene rings is 2. The van der Waals surface area contributed by atoms with Gasteiger partial charge in [0.05, 0.1) is 9.93 Å². The molecule has 0 radical (unpaired) electrons. The van der Waals surface area contributed by atoms with Gasteiger partial charge in [-0.2, -0.15) is 4.90 Å². The molecule has 1 aliphatic heterocycles. The van der Waals surface area contributed by atoms with Gasteiger partial charge in [0.15, 0.2) is 5.75 Å². The van der Waals surface area contributed by atoms with Crippen molar-refractivity contribution in [2.45, 2.75) is 0 Å². The van der Waals surface area contributed by atoms with Gasteiger partial charge in [0.1, 0.15) is 5.02 Å². The molecule has 8 heteroatoms. The molecule has 0 bridgehead atoms. The molecule has 126 valence electrons. The van der Waals surface area contributed by atoms with Gasteiger partial charge < -0.3 is 4.74 Å². The number of ether oxygens (including phenoxy) is 1. The molecule has 1 saturated heterocycles. The maximum atomic E-state index is 12.4. The summed E-state index contributed by atoms with van der Waals surface area (Å²) >= 11 is 12.4. The van der Waals surface area contributed by atoms with Crippen molar-refractivity contribution in [1.82, 2.24) is 4.90 Å². The number of thioether (sulfide) groups is 1. The number of halogens is 2. The molecule has 1 heterocycles. The van der Waals surface area contributed by atoms with Crippen molar-refractivity contribution >= 4 is 58.3 Å². The van der Waals surface area contributed by atoms with Gasteiger partial charge in [0, 0.05) is 0 Å². The van der Waals surface area contributed by atoms with Gasteiger partial charge in [-0.1, -0.05) is 59.6 Å². The maximum Gasteiger partial charge on any atom is 0.430 e. The first-order chi connectivity index (χ1) is 12.0. The fourth-order valence-corrected chi connectivity index (χ4v) is 3.17. The summed E-state index contributed by atoms with van der Waals surface area (Å²) in [5.74, 6) is -0.785. The third-order valence-electron chi connectivity index (χ3n) is 3.19. The molecule has 0 N–H and O–H groups in total. The van der Waals surface area contributed by atoms with Gasteiger partial charge in [-0.15, -0.1) is 0 Å². The van der Waals surface area contributed by atoms with Crippen molar-refractivity contribution in [2.24, 2.45) is 0 Å². The van der Waals surface area contributed by atoms with Gasteiger partial charge in [-0.05, 0) is 35.5 Å². The fraction of sp³-hybridized carbons (Fsp3) is 0. The number of rotatable bonds is 2. The van der Waals surface area contributed by atoms with Crippen molar-refractivity contribution < 1.29 is 19.1 Å². The highest BCUT2D eigenvalue weighted by molar-refractivity contribution is 8.18. The molecule has 1 fully saturated rings. The van der Waals surface area contributed by atoms with Crippen LogP contribution in [0, 0.1) is 0 Å². The number of carbonyl (C=O) groups excluding carboxylic acids is 3. The van der Waals surface area contributed by atoms with Crippen LogP contribution in [-0.4, -0.2) is 22.1 Å². The van der Waals surface area contributed by atoms with E-state index in [0.717, 1.165) is 5.56 Å². The number of hydrogen-bond acceptors (Lipinski definition) is 5. The van der Waals surface area contributed by atoms with Crippen molar-refractivity contribution in [3.63, 3.8) is 0 Å². The first-order valence-corrected chi connectivity index (χ1v) is 8.53. The lowest BCUT2D eigenvalue weighted by atomic mass is 10.2. The van der Waals surface area contributed by atoms with Crippen LogP contribution in [0.4, 0.5) is 9.59 Å². The Morgan fingerprint density at radius 2 is 1.76 bits per heavy atom. The number of carbonyl (C=O) groups is 3. The summed E-state index contributed by atoms with van der Waals surface area (Å²) < 4.78 is 5.04. The van der Waals surface area contributed by atoms with Crippen LogP contribution >= 0.6 is 35.0 Å². The average Bonchev–Trinajstić information content (AvgIpc) is 2.86. The van der Waals surface area contributed by atoms with E-state index in [1.165, 1.54) is 24.3 Å². The molecule has 3 amide bonds. The zero-order valence-electron chi connectivity index (χ0n) is 12.4. The Kier molecular flexibility index (Phi) is 5.13. The summed E-state index contributed by atoms with van der Waals surface area (Å²) in [6.07, 6.45) is 0.396. The summed E-state index contributed by atoms with van der Waals surface area (Å²) in [4.78, 5) is 37.2. The zero-order chi connectivity index (χ0) is 18.0. The first-order valence-electron chi connectivity index (χ1n) is 6.96. The van der Waals surface area contributed by atoms with Crippen LogP contribution in [0.2, 0.25) is 10.0 Å². The molecule has 25 heavy (non-hydrogen) atoms. The Labute approximate surface area is 157 Å². The van der Waals surface area contributed by atoms with Crippen molar-refractivity contribution in [2.75, 3.05) is 0 Å². The lowest BCUT2D eigenvalue weighted by Gasteiger charge is -2.12. The molecule has 0 saturated carbocycles. The molecule has 0 spiro atoms. The highest BCUT2D eigenvalue weighted by atomic mass is 35.5. The van der Waals surface area contributed by atoms with Crippen LogP contribution in [0.3, 0.4) is 0 Å². The second kappa shape index (κ2) is 7.31. The SMILES string of the molecule is O=C(Oc1cccc(Cl)c1Cl)N1C(=O)S/C(=C\c2ccccc2)C1=O. The number of hydrogen-bond donors (Lipinski definition) is 0. The van der Waals surface area contributed by atoms with Gasteiger partial charge in [0.25, 0.3) is 5.91 Å². The third kappa shape index (κ3) is 3.71. The molecule has 0 atom stereocenters. The Bertz CT molecular complexity index is 899. The number of nitrogens with zero attached hydrogens (tertiary/aromatic N) is 1. The van der Waals surface area contributed by atoms with E-state index in [0.29, 0.717) is 16.7 Å². The summed E-state index contributed by atoms with van der Waals surface area (Å²) in [5.41, 5.74) is 0.735. The van der Waals surface area contributed by atoms with E-state index in [2.05, 4.69) is 0 Å². The molecular weight excluding hydrogens is 385 g/mol. The minimum atomic E-state index is -1.14. The molecule has 1 aliphatic rings. The summed E-state index contributed by atoms with van der Waals surface area (Å²) in [5, 5.41) is -0.537. The molecule has 0 aliphatic carbocycles. The summed E-state index contributed by atoms with van der Waals surface area (Å²) in [6, 6.07) is 13.4. The molecule has 5 nitrogen and oxygen atoms in total. The maximum absolute atomic E-state index is 12.4. The molecule has 2 aromatic rings. The minimum absolute atomic E-state index is 0.0179. The highest BCUT2D eigenvalue weighted by Gasteiger charge is 2.41. The van der Waals surface area contributed by atoms with Crippen LogP contribution in [0.15, 0.2) is 53.4 Å². The standard InChI is InChI=1S/C17H9Cl2NO4S/c18-11-7-4-8-12(14(11)19)24-16(22)20-15(21)13(25-17(20)23)9-10-5-2-1-3-6-10/h1-9H/b13-9-. The van der Waals surface area contributed by atoms with E-state index in [-0.39, 0.29) is 20.7 Å². The molecule has 3 rings (SSSR count). The molecule has 0 aromatic heterocycles. The molecule has 2 aromatic carbocycles. The molecule has 0 unspecified atom stereocenters. The Hall–Kier alpha value is -2.28. The van der Waals surface area contributed by atoms with Crippen LogP contribution in [0.1, 0.15) is 5.56 Å². The highest BCUT2D eigenvalue weighted by Crippen LogP contribution is 2.35. The quantitative estimate of drug-likeness (QED) is 0.653. The van der Waals surface area contributed by atoms with Gasteiger partial charge in [-0.25, -0.2) is 4.79 Å². The summed E-state index contributed by atoms with van der Waals surface area (Å²) in [6.45, 7) is 0. The fourth-order valence-electron chi connectivity index (χ4n) is 2.03. The lowest BCUT2D eigenvalue weighted by Crippen LogP contribution is -2.37. The van der Waals surface area contributed by atoms with E-state index < -0.39 is 17.2 Å². The average molecular weight is 394 g/mol. The Morgan fingerprint density at radius 3 is 2.48 bits per heavy atom. The van der Waals surface area contributed by atoms with E-state index >= 15 is 0 Å². The lowest BCUT2D eigenvalue weighted by molar-refractivity contribution is -0.121. The largest absolute Gasteiger partial charge is 0.430 e. The van der Waals surface area contributed by atoms with E-state index in [1.807, 2.05) is 6.07 Å². The monoisotopic (exact) mass is 393 g/mol. The predicted octanol–water partition coefficient (Wildman–Crippen LogP) is 5.23. The van der Waals surface area contributed by atoms with Gasteiger partial charge in [0.2, 0.25) is 0 Å². The van der Waals surface area contributed by atoms with Crippen LogP contribution in [0.5, 0.6) is 5.75 Å². The van der Waals surface area contributed by atoms with Crippen molar-refractivity contribution in [3.05, 3.63) is 69.0 Å². The normalized spacial score (nSPS) is 15.8. The zero-order valence-corrected chi connectivity index (χ0v) is 14.8. The summed E-state index contributed by atoms with van der Waals surface area (Å²) in [7, 11) is 0. The van der Waals surface area contributed by atoms with E-state index in [9.17, 15) is 14.4 Å². The van der Waals surface area contributed by atoms with E-state index in [1.54, 1.807) is 24.3 Å². The van der Waals surface area contributed by atoms with Crippen molar-refractivity contribution in [1.29, 1.82) is 0 Å². The third-order valence-corrected chi connectivity index (χ3v) is 4.86. The topological polar surface area (TPSA) is 63.7 Å². The molecular formula is C17H9Cl2NO4S. The Balaban J connectivity index is 1.82. The van der Waals surface area contributed by atoms with Gasteiger partial charge in [-0.3, -0.25) is 9.59 Å². The van der Waals surface area contributed by atoms with Crippen LogP contribution < -0.4 is 4.74 Å². The van der Waals surface area contributed by atoms with Gasteiger partial charge >= 0.3 is 11.3 Å². The minimum Gasteiger partial charge on any atom is -0.408 e. The number of imide groups is 3. The second-order valence-corrected chi connectivity index (χ2v) is 6.63. The number of amides is 3. The van der Waals surface area contributed by atoms with Crippen LogP contribution in [-0.2, 0) is 4.79 Å². The van der Waals surface area contributed by atoms with E-state index in [4.69, 9.17) is 27.9 Å². The smallest absolute Gasteiger partial charge is 0.408 e. The van der Waals surface area contributed by atoms with Crippen LogP contribution in [0.25, 0.3) is 6.08 Å². The second-order valence-electron chi connectivity index (χ2n) is 4.85.